The highest BCUT2D eigenvalue weighted by Gasteiger charge is 2.35. The van der Waals surface area contributed by atoms with Crippen molar-refractivity contribution in [3.8, 4) is 5.75 Å². The first-order chi connectivity index (χ1) is 6.62. The molecule has 0 spiro atoms. The maximum absolute atomic E-state index is 11.8. The van der Waals surface area contributed by atoms with E-state index in [-0.39, 0.29) is 23.9 Å². The van der Waals surface area contributed by atoms with E-state index < -0.39 is 15.1 Å². The maximum atomic E-state index is 11.8. The number of benzene rings is 1. The number of ether oxygens (including phenoxy) is 1. The topological polar surface area (TPSA) is 63.6 Å². The predicted octanol–water partition coefficient (Wildman–Crippen LogP) is 0.565. The summed E-state index contributed by atoms with van der Waals surface area (Å²) in [6, 6.07) is 5.95. The summed E-state index contributed by atoms with van der Waals surface area (Å²) in [6.45, 7) is 0.438. The second-order valence-electron chi connectivity index (χ2n) is 3.17. The molecule has 0 unspecified atom stereocenters. The van der Waals surface area contributed by atoms with E-state index in [9.17, 15) is 13.5 Å². The molecule has 1 fully saturated rings. The first-order valence-corrected chi connectivity index (χ1v) is 5.76. The maximum Gasteiger partial charge on any atom is 0.189 e. The summed E-state index contributed by atoms with van der Waals surface area (Å²) >= 11 is 0. The Balaban J connectivity index is 2.43. The third-order valence-corrected chi connectivity index (χ3v) is 4.33. The minimum absolute atomic E-state index is 0.00620. The minimum Gasteiger partial charge on any atom is -0.507 e. The van der Waals surface area contributed by atoms with Crippen LogP contribution in [0.2, 0.25) is 0 Å². The lowest BCUT2D eigenvalue weighted by Crippen LogP contribution is -2.40. The molecule has 1 aromatic carbocycles. The van der Waals surface area contributed by atoms with Gasteiger partial charge in [-0.25, -0.2) is 8.42 Å². The zero-order valence-electron chi connectivity index (χ0n) is 7.38. The van der Waals surface area contributed by atoms with Crippen LogP contribution in [0, 0.1) is 0 Å². The molecule has 0 radical (unpaired) electrons. The number of phenols is 1. The molecule has 1 aliphatic rings. The van der Waals surface area contributed by atoms with Gasteiger partial charge in [-0.2, -0.15) is 0 Å². The van der Waals surface area contributed by atoms with Crippen molar-refractivity contribution >= 4 is 9.84 Å². The lowest BCUT2D eigenvalue weighted by molar-refractivity contribution is 0.0415. The Morgan fingerprint density at radius 1 is 1.29 bits per heavy atom. The van der Waals surface area contributed by atoms with Gasteiger partial charge < -0.3 is 9.84 Å². The van der Waals surface area contributed by atoms with E-state index in [1.54, 1.807) is 12.1 Å². The highest BCUT2D eigenvalue weighted by atomic mass is 32.2. The summed E-state index contributed by atoms with van der Waals surface area (Å²) < 4.78 is 28.4. The number of phenolic OH excluding ortho intramolecular Hbond substituents is 1. The quantitative estimate of drug-likeness (QED) is 0.781. The van der Waals surface area contributed by atoms with E-state index in [4.69, 9.17) is 4.74 Å². The number of hydrogen-bond donors (Lipinski definition) is 1. The first kappa shape index (κ1) is 9.48. The molecule has 1 saturated heterocycles. The molecule has 14 heavy (non-hydrogen) atoms. The summed E-state index contributed by atoms with van der Waals surface area (Å²) in [5, 5.41) is 8.89. The fraction of sp³-hybridized carbons (Fsp3) is 0.333. The van der Waals surface area contributed by atoms with Gasteiger partial charge in [0, 0.05) is 0 Å². The highest BCUT2D eigenvalue weighted by molar-refractivity contribution is 7.92. The molecule has 76 valence electrons. The van der Waals surface area contributed by atoms with Gasteiger partial charge in [0.1, 0.15) is 15.9 Å². The number of rotatable bonds is 2. The SMILES string of the molecule is O=S(=O)(c1ccccc1O)C1COC1. The van der Waals surface area contributed by atoms with Crippen molar-refractivity contribution in [1.29, 1.82) is 0 Å². The summed E-state index contributed by atoms with van der Waals surface area (Å²) in [5.41, 5.74) is 0. The molecule has 4 nitrogen and oxygen atoms in total. The molecule has 2 rings (SSSR count). The average Bonchev–Trinajstić information content (AvgIpc) is 2.00. The van der Waals surface area contributed by atoms with Crippen molar-refractivity contribution in [3.63, 3.8) is 0 Å². The van der Waals surface area contributed by atoms with Crippen LogP contribution < -0.4 is 0 Å². The number of aromatic hydroxyl groups is 1. The van der Waals surface area contributed by atoms with Gasteiger partial charge in [0.15, 0.2) is 9.84 Å². The number of hydrogen-bond acceptors (Lipinski definition) is 4. The standard InChI is InChI=1S/C9H10O4S/c10-8-3-1-2-4-9(8)14(11,12)7-5-13-6-7/h1-4,7,10H,5-6H2. The Morgan fingerprint density at radius 3 is 2.43 bits per heavy atom. The summed E-state index contributed by atoms with van der Waals surface area (Å²) in [4.78, 5) is -0.00620. The van der Waals surface area contributed by atoms with Crippen LogP contribution in [0.3, 0.4) is 0 Å². The summed E-state index contributed by atoms with van der Waals surface area (Å²) in [5.74, 6) is -0.195. The molecular formula is C9H10O4S. The van der Waals surface area contributed by atoms with Crippen molar-refractivity contribution in [3.05, 3.63) is 24.3 Å². The first-order valence-electron chi connectivity index (χ1n) is 4.22. The molecule has 5 heteroatoms. The van der Waals surface area contributed by atoms with Gasteiger partial charge in [-0.3, -0.25) is 0 Å². The van der Waals surface area contributed by atoms with Crippen molar-refractivity contribution < 1.29 is 18.3 Å². The van der Waals surface area contributed by atoms with Gasteiger partial charge in [-0.15, -0.1) is 0 Å². The molecule has 0 aromatic heterocycles. The van der Waals surface area contributed by atoms with E-state index in [0.29, 0.717) is 0 Å². The van der Waals surface area contributed by atoms with Crippen LogP contribution in [0.15, 0.2) is 29.2 Å². The van der Waals surface area contributed by atoms with E-state index in [1.165, 1.54) is 12.1 Å². The van der Waals surface area contributed by atoms with Gasteiger partial charge in [-0.05, 0) is 12.1 Å². The lowest BCUT2D eigenvalue weighted by atomic mass is 10.3. The zero-order valence-corrected chi connectivity index (χ0v) is 8.20. The van der Waals surface area contributed by atoms with Crippen LogP contribution in [-0.4, -0.2) is 32.0 Å². The fourth-order valence-electron chi connectivity index (χ4n) is 1.27. The number of para-hydroxylation sites is 1. The van der Waals surface area contributed by atoms with Crippen LogP contribution in [0.4, 0.5) is 0 Å². The molecule has 0 amide bonds. The van der Waals surface area contributed by atoms with E-state index >= 15 is 0 Å². The molecule has 0 atom stereocenters. The van der Waals surface area contributed by atoms with Crippen molar-refractivity contribution in [2.24, 2.45) is 0 Å². The monoisotopic (exact) mass is 214 g/mol. The molecule has 0 bridgehead atoms. The molecule has 1 aromatic rings. The van der Waals surface area contributed by atoms with E-state index in [1.807, 2.05) is 0 Å². The second-order valence-corrected chi connectivity index (χ2v) is 5.37. The van der Waals surface area contributed by atoms with Crippen LogP contribution in [-0.2, 0) is 14.6 Å². The van der Waals surface area contributed by atoms with Crippen molar-refractivity contribution in [1.82, 2.24) is 0 Å². The normalized spacial score (nSPS) is 17.7. The average molecular weight is 214 g/mol. The molecule has 1 heterocycles. The summed E-state index contributed by atoms with van der Waals surface area (Å²) in [7, 11) is -3.41. The van der Waals surface area contributed by atoms with Gasteiger partial charge in [0.25, 0.3) is 0 Å². The predicted molar refractivity (Wildman–Crippen MR) is 49.9 cm³/mol. The summed E-state index contributed by atoms with van der Waals surface area (Å²) in [6.07, 6.45) is 0. The Bertz CT molecular complexity index is 434. The van der Waals surface area contributed by atoms with Gasteiger partial charge >= 0.3 is 0 Å². The Kier molecular flexibility index (Phi) is 2.20. The Morgan fingerprint density at radius 2 is 1.93 bits per heavy atom. The van der Waals surface area contributed by atoms with Crippen LogP contribution >= 0.6 is 0 Å². The van der Waals surface area contributed by atoms with Crippen LogP contribution in [0.1, 0.15) is 0 Å². The molecular weight excluding hydrogens is 204 g/mol. The third kappa shape index (κ3) is 1.38. The second kappa shape index (κ2) is 3.25. The van der Waals surface area contributed by atoms with E-state index in [2.05, 4.69) is 0 Å². The van der Waals surface area contributed by atoms with Crippen molar-refractivity contribution in [2.45, 2.75) is 10.1 Å². The smallest absolute Gasteiger partial charge is 0.189 e. The molecule has 0 aliphatic carbocycles. The van der Waals surface area contributed by atoms with E-state index in [0.717, 1.165) is 0 Å². The molecule has 0 saturated carbocycles. The third-order valence-electron chi connectivity index (χ3n) is 2.22. The largest absolute Gasteiger partial charge is 0.507 e. The minimum atomic E-state index is -3.41. The number of sulfone groups is 1. The molecule has 1 N–H and O–H groups in total. The zero-order chi connectivity index (χ0) is 10.2. The Hall–Kier alpha value is -1.07. The van der Waals surface area contributed by atoms with Gasteiger partial charge in [-0.1, -0.05) is 12.1 Å². The van der Waals surface area contributed by atoms with Crippen molar-refractivity contribution in [2.75, 3.05) is 13.2 Å². The fourth-order valence-corrected chi connectivity index (χ4v) is 2.81. The van der Waals surface area contributed by atoms with Gasteiger partial charge in [0.05, 0.1) is 13.2 Å². The van der Waals surface area contributed by atoms with Gasteiger partial charge in [0.2, 0.25) is 0 Å². The lowest BCUT2D eigenvalue weighted by Gasteiger charge is -2.25. The molecule has 1 aliphatic heterocycles. The Labute approximate surface area is 82.1 Å². The van der Waals surface area contributed by atoms with Crippen LogP contribution in [0.25, 0.3) is 0 Å². The highest BCUT2D eigenvalue weighted by Crippen LogP contribution is 2.28. The van der Waals surface area contributed by atoms with Crippen LogP contribution in [0.5, 0.6) is 5.75 Å².